The zero-order valence-electron chi connectivity index (χ0n) is 10.0. The second-order valence-electron chi connectivity index (χ2n) is 3.66. The number of sulfonamides is 1. The van der Waals surface area contributed by atoms with Crippen LogP contribution in [-0.4, -0.2) is 39.9 Å². The molecule has 1 aromatic carbocycles. The SMILES string of the molecule is Nc1cccc(S(=O)(=O)NCCCOCCO)c1. The first-order valence-electron chi connectivity index (χ1n) is 5.60. The predicted octanol–water partition coefficient (Wildman–Crippen LogP) is -0.0539. The van der Waals surface area contributed by atoms with Gasteiger partial charge in [0.2, 0.25) is 10.0 Å². The number of hydrogen-bond donors (Lipinski definition) is 3. The largest absolute Gasteiger partial charge is 0.399 e. The molecule has 18 heavy (non-hydrogen) atoms. The van der Waals surface area contributed by atoms with E-state index in [1.807, 2.05) is 0 Å². The Balaban J connectivity index is 2.41. The normalized spacial score (nSPS) is 11.6. The molecule has 0 unspecified atom stereocenters. The van der Waals surface area contributed by atoms with Crippen LogP contribution in [0.1, 0.15) is 6.42 Å². The Morgan fingerprint density at radius 2 is 2.11 bits per heavy atom. The fourth-order valence-electron chi connectivity index (χ4n) is 1.31. The van der Waals surface area contributed by atoms with Crippen LogP contribution in [0.3, 0.4) is 0 Å². The third-order valence-electron chi connectivity index (χ3n) is 2.16. The predicted molar refractivity (Wildman–Crippen MR) is 68.6 cm³/mol. The van der Waals surface area contributed by atoms with Crippen LogP contribution in [0, 0.1) is 0 Å². The molecule has 0 spiro atoms. The first-order chi connectivity index (χ1) is 8.56. The summed E-state index contributed by atoms with van der Waals surface area (Å²) in [4.78, 5) is 0.152. The molecule has 0 saturated carbocycles. The molecule has 7 heteroatoms. The van der Waals surface area contributed by atoms with E-state index in [0.29, 0.717) is 18.7 Å². The van der Waals surface area contributed by atoms with E-state index in [9.17, 15) is 8.42 Å². The molecule has 0 saturated heterocycles. The smallest absolute Gasteiger partial charge is 0.240 e. The number of aliphatic hydroxyl groups is 1. The van der Waals surface area contributed by atoms with Gasteiger partial charge in [0.1, 0.15) is 0 Å². The molecular weight excluding hydrogens is 256 g/mol. The summed E-state index contributed by atoms with van der Waals surface area (Å²) in [6.07, 6.45) is 0.543. The topological polar surface area (TPSA) is 102 Å². The van der Waals surface area contributed by atoms with E-state index >= 15 is 0 Å². The Labute approximate surface area is 107 Å². The molecule has 0 aromatic heterocycles. The first kappa shape index (κ1) is 14.9. The van der Waals surface area contributed by atoms with Crippen LogP contribution >= 0.6 is 0 Å². The summed E-state index contributed by atoms with van der Waals surface area (Å²) in [5, 5.41) is 8.48. The van der Waals surface area contributed by atoms with E-state index in [2.05, 4.69) is 4.72 Å². The van der Waals surface area contributed by atoms with Crippen LogP contribution in [0.4, 0.5) is 5.69 Å². The van der Waals surface area contributed by atoms with Crippen molar-refractivity contribution in [1.82, 2.24) is 4.72 Å². The van der Waals surface area contributed by atoms with Crippen molar-refractivity contribution in [3.05, 3.63) is 24.3 Å². The molecular formula is C11H18N2O4S. The molecule has 0 amide bonds. The average Bonchev–Trinajstić information content (AvgIpc) is 2.33. The number of ether oxygens (including phenoxy) is 1. The zero-order valence-corrected chi connectivity index (χ0v) is 10.8. The molecule has 102 valence electrons. The van der Waals surface area contributed by atoms with Crippen LogP contribution in [-0.2, 0) is 14.8 Å². The maximum Gasteiger partial charge on any atom is 0.240 e. The van der Waals surface area contributed by atoms with Crippen molar-refractivity contribution in [2.75, 3.05) is 32.1 Å². The van der Waals surface area contributed by atoms with Crippen LogP contribution in [0.5, 0.6) is 0 Å². The lowest BCUT2D eigenvalue weighted by Gasteiger charge is -2.07. The lowest BCUT2D eigenvalue weighted by molar-refractivity contribution is 0.0913. The molecule has 0 fully saturated rings. The summed E-state index contributed by atoms with van der Waals surface area (Å²) < 4.78 is 31.1. The van der Waals surface area contributed by atoms with E-state index in [4.69, 9.17) is 15.6 Å². The summed E-state index contributed by atoms with van der Waals surface area (Å²) in [5.74, 6) is 0. The Hall–Kier alpha value is -1.15. The fraction of sp³-hybridized carbons (Fsp3) is 0.455. The Bertz CT molecular complexity index is 462. The van der Waals surface area contributed by atoms with Crippen molar-refractivity contribution in [2.24, 2.45) is 0 Å². The summed E-state index contributed by atoms with van der Waals surface area (Å²) in [5.41, 5.74) is 5.94. The van der Waals surface area contributed by atoms with E-state index in [-0.39, 0.29) is 24.7 Å². The van der Waals surface area contributed by atoms with Crippen LogP contribution < -0.4 is 10.5 Å². The van der Waals surface area contributed by atoms with E-state index in [1.165, 1.54) is 12.1 Å². The highest BCUT2D eigenvalue weighted by atomic mass is 32.2. The van der Waals surface area contributed by atoms with Crippen LogP contribution in [0.15, 0.2) is 29.2 Å². The van der Waals surface area contributed by atoms with Crippen molar-refractivity contribution in [3.63, 3.8) is 0 Å². The van der Waals surface area contributed by atoms with Gasteiger partial charge in [0.05, 0.1) is 18.1 Å². The molecule has 1 rings (SSSR count). The van der Waals surface area contributed by atoms with Gasteiger partial charge in [-0.05, 0) is 24.6 Å². The quantitative estimate of drug-likeness (QED) is 0.455. The van der Waals surface area contributed by atoms with Crippen molar-refractivity contribution >= 4 is 15.7 Å². The van der Waals surface area contributed by atoms with Gasteiger partial charge in [-0.15, -0.1) is 0 Å². The Morgan fingerprint density at radius 1 is 1.33 bits per heavy atom. The van der Waals surface area contributed by atoms with Gasteiger partial charge in [-0.25, -0.2) is 13.1 Å². The third-order valence-corrected chi connectivity index (χ3v) is 3.62. The minimum Gasteiger partial charge on any atom is -0.399 e. The summed E-state index contributed by atoms with van der Waals surface area (Å²) in [6.45, 7) is 0.916. The summed E-state index contributed by atoms with van der Waals surface area (Å²) in [7, 11) is -3.51. The molecule has 0 bridgehead atoms. The molecule has 0 aliphatic rings. The number of hydrogen-bond acceptors (Lipinski definition) is 5. The highest BCUT2D eigenvalue weighted by Crippen LogP contribution is 2.12. The molecule has 0 atom stereocenters. The lowest BCUT2D eigenvalue weighted by Crippen LogP contribution is -2.25. The molecule has 0 radical (unpaired) electrons. The first-order valence-corrected chi connectivity index (χ1v) is 7.08. The van der Waals surface area contributed by atoms with Gasteiger partial charge in [0, 0.05) is 18.8 Å². The molecule has 0 aliphatic heterocycles. The maximum atomic E-state index is 11.8. The number of nitrogens with two attached hydrogens (primary N) is 1. The van der Waals surface area contributed by atoms with Crippen LogP contribution in [0.2, 0.25) is 0 Å². The lowest BCUT2D eigenvalue weighted by atomic mass is 10.3. The number of anilines is 1. The number of aliphatic hydroxyl groups excluding tert-OH is 1. The molecule has 4 N–H and O–H groups in total. The van der Waals surface area contributed by atoms with Crippen molar-refractivity contribution in [1.29, 1.82) is 0 Å². The number of nitrogens with one attached hydrogen (secondary N) is 1. The fourth-order valence-corrected chi connectivity index (χ4v) is 2.44. The standard InChI is InChI=1S/C11H18N2O4S/c12-10-3-1-4-11(9-10)18(15,16)13-5-2-7-17-8-6-14/h1,3-4,9,13-14H,2,5-8,12H2. The van der Waals surface area contributed by atoms with Crippen molar-refractivity contribution < 1.29 is 18.3 Å². The second kappa shape index (κ2) is 7.32. The van der Waals surface area contributed by atoms with E-state index < -0.39 is 10.0 Å². The van der Waals surface area contributed by atoms with E-state index in [0.717, 1.165) is 0 Å². The minimum atomic E-state index is -3.51. The van der Waals surface area contributed by atoms with Gasteiger partial charge in [-0.3, -0.25) is 0 Å². The second-order valence-corrected chi connectivity index (χ2v) is 5.43. The number of rotatable bonds is 8. The van der Waals surface area contributed by atoms with Gasteiger partial charge in [0.25, 0.3) is 0 Å². The Kier molecular flexibility index (Phi) is 6.06. The van der Waals surface area contributed by atoms with Crippen LogP contribution in [0.25, 0.3) is 0 Å². The van der Waals surface area contributed by atoms with Gasteiger partial charge < -0.3 is 15.6 Å². The molecule has 6 nitrogen and oxygen atoms in total. The maximum absolute atomic E-state index is 11.8. The zero-order chi connectivity index (χ0) is 13.4. The molecule has 0 heterocycles. The van der Waals surface area contributed by atoms with Crippen molar-refractivity contribution in [3.8, 4) is 0 Å². The Morgan fingerprint density at radius 3 is 2.78 bits per heavy atom. The molecule has 0 aliphatic carbocycles. The van der Waals surface area contributed by atoms with Gasteiger partial charge in [-0.1, -0.05) is 6.07 Å². The van der Waals surface area contributed by atoms with Crippen molar-refractivity contribution in [2.45, 2.75) is 11.3 Å². The number of nitrogen functional groups attached to an aromatic ring is 1. The molecule has 1 aromatic rings. The summed E-state index contributed by atoms with van der Waals surface area (Å²) in [6, 6.07) is 6.11. The van der Waals surface area contributed by atoms with Gasteiger partial charge in [0.15, 0.2) is 0 Å². The third kappa shape index (κ3) is 5.01. The highest BCUT2D eigenvalue weighted by molar-refractivity contribution is 7.89. The average molecular weight is 274 g/mol. The van der Waals surface area contributed by atoms with Gasteiger partial charge in [-0.2, -0.15) is 0 Å². The highest BCUT2D eigenvalue weighted by Gasteiger charge is 2.12. The number of benzene rings is 1. The van der Waals surface area contributed by atoms with Gasteiger partial charge >= 0.3 is 0 Å². The monoisotopic (exact) mass is 274 g/mol. The summed E-state index contributed by atoms with van der Waals surface area (Å²) >= 11 is 0. The minimum absolute atomic E-state index is 0.0327. The van der Waals surface area contributed by atoms with E-state index in [1.54, 1.807) is 12.1 Å².